The summed E-state index contributed by atoms with van der Waals surface area (Å²) < 4.78 is 50.7. The molecule has 0 aromatic heterocycles. The minimum absolute atomic E-state index is 0.0300. The van der Waals surface area contributed by atoms with E-state index in [0.29, 0.717) is 42.0 Å². The third kappa shape index (κ3) is 6.55. The number of halogens is 1. The highest BCUT2D eigenvalue weighted by Crippen LogP contribution is 2.34. The zero-order valence-electron chi connectivity index (χ0n) is 23.0. The molecule has 10 heteroatoms. The predicted molar refractivity (Wildman–Crippen MR) is 154 cm³/mol. The molecule has 214 valence electrons. The molecular weight excluding hydrogens is 545 g/mol. The lowest BCUT2D eigenvalue weighted by molar-refractivity contribution is -0.438. The minimum atomic E-state index is -3.83. The Hall–Kier alpha value is -3.89. The van der Waals surface area contributed by atoms with E-state index in [1.807, 2.05) is 44.2 Å². The molecule has 0 spiro atoms. The van der Waals surface area contributed by atoms with Crippen molar-refractivity contribution in [2.75, 3.05) is 6.54 Å². The van der Waals surface area contributed by atoms with Crippen molar-refractivity contribution < 1.29 is 32.1 Å². The maximum absolute atomic E-state index is 14.2. The molecule has 41 heavy (non-hydrogen) atoms. The summed E-state index contributed by atoms with van der Waals surface area (Å²) in [5.41, 5.74) is 2.45. The molecule has 1 fully saturated rings. The molecule has 0 bridgehead atoms. The topological polar surface area (TPSA) is 99.3 Å². The van der Waals surface area contributed by atoms with Gasteiger partial charge in [0.2, 0.25) is 15.7 Å². The molecule has 5 rings (SSSR count). The van der Waals surface area contributed by atoms with Crippen LogP contribution in [-0.2, 0) is 21.2 Å². The summed E-state index contributed by atoms with van der Waals surface area (Å²) in [6.45, 7) is 4.03. The number of benzene rings is 3. The van der Waals surface area contributed by atoms with Crippen LogP contribution < -0.4 is 4.74 Å². The van der Waals surface area contributed by atoms with Gasteiger partial charge in [-0.05, 0) is 75.1 Å². The first-order chi connectivity index (χ1) is 19.6. The highest BCUT2D eigenvalue weighted by atomic mass is 32.2. The summed E-state index contributed by atoms with van der Waals surface area (Å²) in [6.07, 6.45) is 3.34. The van der Waals surface area contributed by atoms with Crippen LogP contribution in [0.4, 0.5) is 10.1 Å². The van der Waals surface area contributed by atoms with E-state index in [2.05, 4.69) is 5.10 Å². The molecule has 2 aliphatic rings. The fourth-order valence-corrected chi connectivity index (χ4v) is 7.15. The van der Waals surface area contributed by atoms with E-state index in [-0.39, 0.29) is 35.9 Å². The van der Waals surface area contributed by atoms with Crippen LogP contribution in [-0.4, -0.2) is 59.1 Å². The fourth-order valence-electron chi connectivity index (χ4n) is 5.42. The van der Waals surface area contributed by atoms with Crippen LogP contribution in [0.25, 0.3) is 0 Å². The molecule has 2 heterocycles. The lowest BCUT2D eigenvalue weighted by Gasteiger charge is -2.24. The van der Waals surface area contributed by atoms with Gasteiger partial charge < -0.3 is 9.84 Å². The van der Waals surface area contributed by atoms with Crippen LogP contribution in [0.15, 0.2) is 82.8 Å². The molecule has 2 aliphatic heterocycles. The first-order valence-electron chi connectivity index (χ1n) is 13.7. The standard InChI is InChI=1S/C31H32FN3O5S/c1-21(2)40-26-11-13-27(14-12-26)41(38,39)35-20-23(16-25(35)10-8-22-6-4-3-5-7-22)19-34-30-17-24(32)9-15-28(30)29(33-34)18-31(36)37/h3-7,9,11-15,17,19,21,23,25H,8,10,16,18,20H2,1-2H3/p+1/b34-19+/t23?,25-/m0/s1. The van der Waals surface area contributed by atoms with E-state index in [4.69, 9.17) is 4.74 Å². The summed E-state index contributed by atoms with van der Waals surface area (Å²) in [4.78, 5) is 11.6. The van der Waals surface area contributed by atoms with Crippen molar-refractivity contribution in [1.82, 2.24) is 4.31 Å². The Labute approximate surface area is 239 Å². The number of rotatable bonds is 10. The van der Waals surface area contributed by atoms with Gasteiger partial charge >= 0.3 is 5.97 Å². The highest BCUT2D eigenvalue weighted by Gasteiger charge is 2.42. The number of carbonyl (C=O) groups is 1. The summed E-state index contributed by atoms with van der Waals surface area (Å²) >= 11 is 0. The first-order valence-corrected chi connectivity index (χ1v) is 15.1. The number of carboxylic acids is 1. The number of carboxylic acid groups (broad SMARTS) is 1. The van der Waals surface area contributed by atoms with Gasteiger partial charge in [0.25, 0.3) is 0 Å². The molecule has 0 amide bonds. The van der Waals surface area contributed by atoms with Gasteiger partial charge in [-0.15, -0.1) is 0 Å². The Kier molecular flexibility index (Phi) is 8.32. The van der Waals surface area contributed by atoms with Crippen LogP contribution in [0.5, 0.6) is 5.75 Å². The lowest BCUT2D eigenvalue weighted by atomic mass is 10.0. The number of nitrogens with zero attached hydrogens (tertiary/aromatic N) is 3. The Balaban J connectivity index is 1.45. The summed E-state index contributed by atoms with van der Waals surface area (Å²) in [7, 11) is -3.83. The molecule has 0 saturated carbocycles. The van der Waals surface area contributed by atoms with Crippen molar-refractivity contribution in [2.24, 2.45) is 11.0 Å². The van der Waals surface area contributed by atoms with E-state index < -0.39 is 21.8 Å². The number of hydrazone groups is 1. The van der Waals surface area contributed by atoms with Gasteiger partial charge in [-0.2, -0.15) is 4.31 Å². The second-order valence-corrected chi connectivity index (χ2v) is 12.5. The van der Waals surface area contributed by atoms with Crippen molar-refractivity contribution in [2.45, 2.75) is 56.6 Å². The SMILES string of the molecule is CC(C)Oc1ccc(S(=O)(=O)N2CC(/C=[N+]3/N=C(CC(=O)O)c4ccc(F)cc43)C[C@@H]2CCc2ccccc2)cc1. The summed E-state index contributed by atoms with van der Waals surface area (Å²) in [5, 5.41) is 13.8. The first kappa shape index (κ1) is 28.6. The number of aryl methyl sites for hydroxylation is 1. The zero-order chi connectivity index (χ0) is 29.1. The van der Waals surface area contributed by atoms with Gasteiger partial charge in [0, 0.05) is 23.8 Å². The van der Waals surface area contributed by atoms with Crippen LogP contribution in [0.1, 0.15) is 44.2 Å². The molecule has 3 aromatic carbocycles. The normalized spacial score (nSPS) is 19.9. The van der Waals surface area contributed by atoms with E-state index in [1.54, 1.807) is 34.8 Å². The van der Waals surface area contributed by atoms with Crippen molar-refractivity contribution in [3.8, 4) is 5.75 Å². The lowest BCUT2D eigenvalue weighted by Crippen LogP contribution is -2.36. The fraction of sp³-hybridized carbons (Fsp3) is 0.323. The number of sulfonamides is 1. The van der Waals surface area contributed by atoms with Crippen LogP contribution in [0.2, 0.25) is 0 Å². The maximum Gasteiger partial charge on any atom is 0.309 e. The molecule has 1 N–H and O–H groups in total. The Morgan fingerprint density at radius 3 is 2.56 bits per heavy atom. The third-order valence-corrected chi connectivity index (χ3v) is 9.16. The minimum Gasteiger partial charge on any atom is -0.491 e. The Morgan fingerprint density at radius 1 is 1.15 bits per heavy atom. The van der Waals surface area contributed by atoms with Gasteiger partial charge in [0.15, 0.2) is 6.21 Å². The van der Waals surface area contributed by atoms with Crippen LogP contribution in [0, 0.1) is 11.7 Å². The van der Waals surface area contributed by atoms with E-state index in [0.717, 1.165) is 5.56 Å². The predicted octanol–water partition coefficient (Wildman–Crippen LogP) is 5.23. The monoisotopic (exact) mass is 578 g/mol. The Bertz CT molecular complexity index is 1590. The average molecular weight is 579 g/mol. The van der Waals surface area contributed by atoms with Gasteiger partial charge in [-0.25, -0.2) is 12.8 Å². The molecule has 8 nitrogen and oxygen atoms in total. The Morgan fingerprint density at radius 2 is 1.88 bits per heavy atom. The van der Waals surface area contributed by atoms with E-state index in [1.165, 1.54) is 22.9 Å². The maximum atomic E-state index is 14.2. The van der Waals surface area contributed by atoms with Crippen molar-refractivity contribution in [3.05, 3.63) is 89.7 Å². The van der Waals surface area contributed by atoms with Crippen LogP contribution in [0.3, 0.4) is 0 Å². The number of ether oxygens (including phenoxy) is 1. The number of hydrogen-bond donors (Lipinski definition) is 1. The van der Waals surface area contributed by atoms with Gasteiger partial charge in [-0.3, -0.25) is 4.79 Å². The largest absolute Gasteiger partial charge is 0.491 e. The van der Waals surface area contributed by atoms with E-state index in [9.17, 15) is 22.7 Å². The van der Waals surface area contributed by atoms with Crippen LogP contribution >= 0.6 is 0 Å². The van der Waals surface area contributed by atoms with Gasteiger partial charge in [-0.1, -0.05) is 35.0 Å². The molecule has 0 radical (unpaired) electrons. The van der Waals surface area contributed by atoms with Crippen molar-refractivity contribution >= 4 is 33.6 Å². The second kappa shape index (κ2) is 11.9. The molecule has 2 atom stereocenters. The number of fused-ring (bicyclic) bond motifs is 1. The molecule has 1 saturated heterocycles. The van der Waals surface area contributed by atoms with Crippen molar-refractivity contribution in [1.29, 1.82) is 0 Å². The highest BCUT2D eigenvalue weighted by molar-refractivity contribution is 7.89. The third-order valence-electron chi connectivity index (χ3n) is 7.22. The second-order valence-electron chi connectivity index (χ2n) is 10.7. The molecule has 1 unspecified atom stereocenters. The zero-order valence-corrected chi connectivity index (χ0v) is 23.8. The van der Waals surface area contributed by atoms with E-state index >= 15 is 0 Å². The smallest absolute Gasteiger partial charge is 0.309 e. The average Bonchev–Trinajstić information content (AvgIpc) is 3.49. The van der Waals surface area contributed by atoms with Crippen molar-refractivity contribution in [3.63, 3.8) is 0 Å². The molecule has 3 aromatic rings. The summed E-state index contributed by atoms with van der Waals surface area (Å²) in [5.74, 6) is -1.12. The van der Waals surface area contributed by atoms with Gasteiger partial charge in [0.05, 0.1) is 28.9 Å². The quantitative estimate of drug-likeness (QED) is 0.332. The van der Waals surface area contributed by atoms with Gasteiger partial charge in [0.1, 0.15) is 17.3 Å². The molecular formula is C31H33FN3O5S+. The molecule has 0 aliphatic carbocycles. The number of aliphatic carboxylic acids is 1. The summed E-state index contributed by atoms with van der Waals surface area (Å²) in [6, 6.07) is 20.3. The number of hydrogen-bond acceptors (Lipinski definition) is 5.